The fourth-order valence-corrected chi connectivity index (χ4v) is 3.21. The first-order chi connectivity index (χ1) is 8.08. The van der Waals surface area contributed by atoms with Gasteiger partial charge in [-0.3, -0.25) is 4.72 Å². The van der Waals surface area contributed by atoms with Gasteiger partial charge in [0.05, 0.1) is 5.69 Å². The predicted molar refractivity (Wildman–Crippen MR) is 68.8 cm³/mol. The van der Waals surface area contributed by atoms with Crippen LogP contribution in [0.15, 0.2) is 24.3 Å². The molecular weight excluding hydrogens is 238 g/mol. The average molecular weight is 255 g/mol. The molecule has 1 aliphatic rings. The molecule has 0 atom stereocenters. The van der Waals surface area contributed by atoms with Gasteiger partial charge in [-0.05, 0) is 31.0 Å². The molecule has 1 fully saturated rings. The van der Waals surface area contributed by atoms with Gasteiger partial charge in [-0.2, -0.15) is 12.7 Å². The van der Waals surface area contributed by atoms with Crippen molar-refractivity contribution in [3.63, 3.8) is 0 Å². The summed E-state index contributed by atoms with van der Waals surface area (Å²) in [5.74, 6) is 0. The Morgan fingerprint density at radius 1 is 1.18 bits per heavy atom. The number of benzene rings is 1. The minimum atomic E-state index is -3.43. The minimum Gasteiger partial charge on any atom is -0.399 e. The second-order valence-corrected chi connectivity index (χ2v) is 5.86. The Balaban J connectivity index is 2.11. The molecule has 1 aliphatic heterocycles. The highest BCUT2D eigenvalue weighted by molar-refractivity contribution is 7.90. The molecule has 17 heavy (non-hydrogen) atoms. The first-order valence-electron chi connectivity index (χ1n) is 5.71. The van der Waals surface area contributed by atoms with E-state index in [4.69, 9.17) is 5.73 Å². The maximum Gasteiger partial charge on any atom is 0.301 e. The van der Waals surface area contributed by atoms with Gasteiger partial charge < -0.3 is 5.73 Å². The van der Waals surface area contributed by atoms with Crippen LogP contribution in [0, 0.1) is 0 Å². The molecule has 1 aromatic carbocycles. The monoisotopic (exact) mass is 255 g/mol. The van der Waals surface area contributed by atoms with Crippen molar-refractivity contribution in [3.8, 4) is 0 Å². The summed E-state index contributed by atoms with van der Waals surface area (Å²) < 4.78 is 28.1. The van der Waals surface area contributed by atoms with Crippen molar-refractivity contribution in [2.24, 2.45) is 0 Å². The number of nitrogen functional groups attached to an aromatic ring is 1. The third-order valence-electron chi connectivity index (χ3n) is 2.79. The van der Waals surface area contributed by atoms with E-state index in [1.165, 1.54) is 4.31 Å². The highest BCUT2D eigenvalue weighted by atomic mass is 32.2. The summed E-state index contributed by atoms with van der Waals surface area (Å²) in [5.41, 5.74) is 6.66. The number of nitrogens with zero attached hydrogens (tertiary/aromatic N) is 1. The zero-order valence-corrected chi connectivity index (χ0v) is 10.4. The summed E-state index contributed by atoms with van der Waals surface area (Å²) in [6.45, 7) is 1.19. The molecular formula is C11H17N3O2S. The van der Waals surface area contributed by atoms with Crippen LogP contribution in [-0.4, -0.2) is 25.8 Å². The molecule has 0 radical (unpaired) electrons. The minimum absolute atomic E-state index is 0.510. The van der Waals surface area contributed by atoms with E-state index >= 15 is 0 Å². The Bertz CT molecular complexity index is 481. The number of nitrogens with one attached hydrogen (secondary N) is 1. The largest absolute Gasteiger partial charge is 0.399 e. The van der Waals surface area contributed by atoms with E-state index in [2.05, 4.69) is 4.72 Å². The van der Waals surface area contributed by atoms with E-state index in [-0.39, 0.29) is 0 Å². The quantitative estimate of drug-likeness (QED) is 0.802. The normalized spacial score (nSPS) is 17.9. The zero-order chi connectivity index (χ0) is 12.3. The number of nitrogens with two attached hydrogens (primary N) is 1. The smallest absolute Gasteiger partial charge is 0.301 e. The third kappa shape index (κ3) is 3.10. The molecule has 1 aromatic rings. The van der Waals surface area contributed by atoms with Crippen molar-refractivity contribution < 1.29 is 8.42 Å². The van der Waals surface area contributed by atoms with Crippen molar-refractivity contribution >= 4 is 21.6 Å². The topological polar surface area (TPSA) is 75.4 Å². The van der Waals surface area contributed by atoms with Crippen molar-refractivity contribution in [1.82, 2.24) is 4.31 Å². The molecule has 0 unspecified atom stereocenters. The Labute approximate surface area is 102 Å². The lowest BCUT2D eigenvalue weighted by molar-refractivity contribution is 0.349. The second-order valence-electron chi connectivity index (χ2n) is 4.19. The predicted octanol–water partition coefficient (Wildman–Crippen LogP) is 1.41. The fourth-order valence-electron chi connectivity index (χ4n) is 1.92. The first-order valence-corrected chi connectivity index (χ1v) is 7.15. The van der Waals surface area contributed by atoms with Gasteiger partial charge in [0.2, 0.25) is 0 Å². The van der Waals surface area contributed by atoms with E-state index < -0.39 is 10.2 Å². The van der Waals surface area contributed by atoms with E-state index in [0.717, 1.165) is 19.3 Å². The van der Waals surface area contributed by atoms with Crippen molar-refractivity contribution in [3.05, 3.63) is 24.3 Å². The van der Waals surface area contributed by atoms with Gasteiger partial charge >= 0.3 is 10.2 Å². The zero-order valence-electron chi connectivity index (χ0n) is 9.59. The summed E-state index contributed by atoms with van der Waals surface area (Å²) >= 11 is 0. The van der Waals surface area contributed by atoms with Gasteiger partial charge in [-0.15, -0.1) is 0 Å². The molecule has 1 heterocycles. The third-order valence-corrected chi connectivity index (χ3v) is 4.33. The molecule has 5 nitrogen and oxygen atoms in total. The molecule has 2 rings (SSSR count). The lowest BCUT2D eigenvalue weighted by Crippen LogP contribution is -2.39. The van der Waals surface area contributed by atoms with E-state index in [9.17, 15) is 8.42 Å². The Morgan fingerprint density at radius 3 is 2.53 bits per heavy atom. The molecule has 6 heteroatoms. The van der Waals surface area contributed by atoms with Gasteiger partial charge in [0.1, 0.15) is 0 Å². The molecule has 94 valence electrons. The maximum absolute atomic E-state index is 12.0. The fraction of sp³-hybridized carbons (Fsp3) is 0.455. The van der Waals surface area contributed by atoms with Crippen LogP contribution in [0.25, 0.3) is 0 Å². The highest BCUT2D eigenvalue weighted by Crippen LogP contribution is 2.18. The second kappa shape index (κ2) is 4.93. The van der Waals surface area contributed by atoms with Crippen molar-refractivity contribution in [1.29, 1.82) is 0 Å². The molecule has 3 N–H and O–H groups in total. The summed E-state index contributed by atoms with van der Waals surface area (Å²) in [5, 5.41) is 0. The van der Waals surface area contributed by atoms with Gasteiger partial charge in [-0.25, -0.2) is 0 Å². The van der Waals surface area contributed by atoms with Gasteiger partial charge in [-0.1, -0.05) is 12.5 Å². The number of anilines is 2. The standard InChI is InChI=1S/C11H17N3O2S/c12-10-5-4-6-11(9-10)13-17(15,16)14-7-2-1-3-8-14/h4-6,9,13H,1-3,7-8,12H2. The molecule has 0 amide bonds. The number of hydrogen-bond donors (Lipinski definition) is 2. The van der Waals surface area contributed by atoms with E-state index in [1.54, 1.807) is 24.3 Å². The van der Waals surface area contributed by atoms with Crippen LogP contribution >= 0.6 is 0 Å². The molecule has 0 spiro atoms. The summed E-state index contributed by atoms with van der Waals surface area (Å²) in [6, 6.07) is 6.75. The van der Waals surface area contributed by atoms with Crippen LogP contribution in [0.4, 0.5) is 11.4 Å². The van der Waals surface area contributed by atoms with Crippen LogP contribution in [0.2, 0.25) is 0 Å². The highest BCUT2D eigenvalue weighted by Gasteiger charge is 2.23. The number of hydrogen-bond acceptors (Lipinski definition) is 3. The molecule has 0 aliphatic carbocycles. The SMILES string of the molecule is Nc1cccc(NS(=O)(=O)N2CCCCC2)c1. The molecule has 0 saturated carbocycles. The van der Waals surface area contributed by atoms with Gasteiger partial charge in [0.25, 0.3) is 0 Å². The summed E-state index contributed by atoms with van der Waals surface area (Å²) in [4.78, 5) is 0. The van der Waals surface area contributed by atoms with Crippen LogP contribution in [0.3, 0.4) is 0 Å². The number of rotatable bonds is 3. The van der Waals surface area contributed by atoms with E-state index in [1.807, 2.05) is 0 Å². The Hall–Kier alpha value is -1.27. The Kier molecular flexibility index (Phi) is 3.54. The molecule has 1 saturated heterocycles. The maximum atomic E-state index is 12.0. The number of piperidine rings is 1. The Morgan fingerprint density at radius 2 is 1.88 bits per heavy atom. The van der Waals surface area contributed by atoms with Crippen molar-refractivity contribution in [2.75, 3.05) is 23.5 Å². The van der Waals surface area contributed by atoms with Crippen LogP contribution in [0.1, 0.15) is 19.3 Å². The van der Waals surface area contributed by atoms with Crippen LogP contribution < -0.4 is 10.5 Å². The van der Waals surface area contributed by atoms with Crippen LogP contribution in [0.5, 0.6) is 0 Å². The van der Waals surface area contributed by atoms with Crippen LogP contribution in [-0.2, 0) is 10.2 Å². The lowest BCUT2D eigenvalue weighted by Gasteiger charge is -2.26. The van der Waals surface area contributed by atoms with Gasteiger partial charge in [0, 0.05) is 18.8 Å². The van der Waals surface area contributed by atoms with E-state index in [0.29, 0.717) is 24.5 Å². The molecule has 0 aromatic heterocycles. The average Bonchev–Trinajstić information content (AvgIpc) is 2.29. The lowest BCUT2D eigenvalue weighted by atomic mass is 10.2. The molecule has 0 bridgehead atoms. The van der Waals surface area contributed by atoms with Gasteiger partial charge in [0.15, 0.2) is 0 Å². The van der Waals surface area contributed by atoms with Crippen molar-refractivity contribution in [2.45, 2.75) is 19.3 Å². The summed E-state index contributed by atoms with van der Waals surface area (Å²) in [7, 11) is -3.43. The first kappa shape index (κ1) is 12.2. The summed E-state index contributed by atoms with van der Waals surface area (Å²) in [6.07, 6.45) is 2.96.